The Balaban J connectivity index is 2.50. The summed E-state index contributed by atoms with van der Waals surface area (Å²) in [5.41, 5.74) is 3.02. The molecule has 2 aromatic rings. The molecule has 1 aromatic carbocycles. The molecule has 1 heterocycles. The Labute approximate surface area is 98.2 Å². The molecule has 0 radical (unpaired) electrons. The first kappa shape index (κ1) is 10.9. The third-order valence-corrected chi connectivity index (χ3v) is 3.41. The Kier molecular flexibility index (Phi) is 3.06. The van der Waals surface area contributed by atoms with Gasteiger partial charge in [-0.15, -0.1) is 11.3 Å². The molecule has 0 aliphatic rings. The van der Waals surface area contributed by atoms with Crippen LogP contribution < -0.4 is 0 Å². The number of thiophene rings is 1. The van der Waals surface area contributed by atoms with Crippen LogP contribution in [0.2, 0.25) is 0 Å². The standard InChI is InChI=1S/C13H12O2S/c1-2-9-4-3-5-10(8-9)11-6-7-16-12(11)13(14)15/h3-8H,2H2,1H3,(H,14,15). The van der Waals surface area contributed by atoms with Crippen molar-refractivity contribution in [2.45, 2.75) is 13.3 Å². The van der Waals surface area contributed by atoms with Crippen LogP contribution in [0.3, 0.4) is 0 Å². The summed E-state index contributed by atoms with van der Waals surface area (Å²) in [4.78, 5) is 11.4. The van der Waals surface area contributed by atoms with Crippen molar-refractivity contribution in [3.05, 3.63) is 46.2 Å². The van der Waals surface area contributed by atoms with Gasteiger partial charge in [0, 0.05) is 5.56 Å². The Morgan fingerprint density at radius 2 is 2.19 bits per heavy atom. The van der Waals surface area contributed by atoms with E-state index in [1.165, 1.54) is 16.9 Å². The summed E-state index contributed by atoms with van der Waals surface area (Å²) in [5.74, 6) is -0.855. The van der Waals surface area contributed by atoms with Gasteiger partial charge in [0.15, 0.2) is 0 Å². The highest BCUT2D eigenvalue weighted by Gasteiger charge is 2.12. The Morgan fingerprint density at radius 3 is 2.88 bits per heavy atom. The summed E-state index contributed by atoms with van der Waals surface area (Å²) >= 11 is 1.27. The topological polar surface area (TPSA) is 37.3 Å². The average molecular weight is 232 g/mol. The summed E-state index contributed by atoms with van der Waals surface area (Å²) in [5, 5.41) is 10.9. The molecule has 0 bridgehead atoms. The highest BCUT2D eigenvalue weighted by molar-refractivity contribution is 7.12. The number of hydrogen-bond donors (Lipinski definition) is 1. The summed E-state index contributed by atoms with van der Waals surface area (Å²) in [6.07, 6.45) is 0.959. The van der Waals surface area contributed by atoms with Crippen molar-refractivity contribution in [3.8, 4) is 11.1 Å². The van der Waals surface area contributed by atoms with E-state index < -0.39 is 5.97 Å². The second-order valence-corrected chi connectivity index (χ2v) is 4.44. The number of hydrogen-bond acceptors (Lipinski definition) is 2. The van der Waals surface area contributed by atoms with Crippen LogP contribution in [-0.4, -0.2) is 11.1 Å². The fourth-order valence-electron chi connectivity index (χ4n) is 1.66. The van der Waals surface area contributed by atoms with Crippen molar-refractivity contribution in [1.82, 2.24) is 0 Å². The number of carboxylic acid groups (broad SMARTS) is 1. The number of rotatable bonds is 3. The van der Waals surface area contributed by atoms with Crippen molar-refractivity contribution < 1.29 is 9.90 Å². The van der Waals surface area contributed by atoms with Crippen LogP contribution in [0, 0.1) is 0 Å². The average Bonchev–Trinajstić information content (AvgIpc) is 2.78. The fourth-order valence-corrected chi connectivity index (χ4v) is 2.41. The molecule has 82 valence electrons. The van der Waals surface area contributed by atoms with Crippen LogP contribution in [0.1, 0.15) is 22.2 Å². The summed E-state index contributed by atoms with van der Waals surface area (Å²) < 4.78 is 0. The maximum atomic E-state index is 11.0. The fraction of sp³-hybridized carbons (Fsp3) is 0.154. The first-order chi connectivity index (χ1) is 7.72. The van der Waals surface area contributed by atoms with Crippen LogP contribution >= 0.6 is 11.3 Å². The van der Waals surface area contributed by atoms with Gasteiger partial charge in [0.05, 0.1) is 0 Å². The predicted molar refractivity (Wildman–Crippen MR) is 66.1 cm³/mol. The molecule has 1 aromatic heterocycles. The quantitative estimate of drug-likeness (QED) is 0.876. The van der Waals surface area contributed by atoms with Gasteiger partial charge in [-0.2, -0.15) is 0 Å². The van der Waals surface area contributed by atoms with E-state index in [0.29, 0.717) is 4.88 Å². The van der Waals surface area contributed by atoms with Crippen molar-refractivity contribution in [2.75, 3.05) is 0 Å². The van der Waals surface area contributed by atoms with Crippen molar-refractivity contribution >= 4 is 17.3 Å². The molecule has 16 heavy (non-hydrogen) atoms. The number of carboxylic acids is 1. The predicted octanol–water partition coefficient (Wildman–Crippen LogP) is 3.68. The molecular formula is C13H12O2S. The van der Waals surface area contributed by atoms with E-state index in [1.54, 1.807) is 0 Å². The SMILES string of the molecule is CCc1cccc(-c2ccsc2C(=O)O)c1. The van der Waals surface area contributed by atoms with Gasteiger partial charge in [-0.25, -0.2) is 4.79 Å². The lowest BCUT2D eigenvalue weighted by Gasteiger charge is -2.03. The normalized spacial score (nSPS) is 10.3. The van der Waals surface area contributed by atoms with Gasteiger partial charge in [0.1, 0.15) is 4.88 Å². The highest BCUT2D eigenvalue weighted by atomic mass is 32.1. The lowest BCUT2D eigenvalue weighted by atomic mass is 10.0. The first-order valence-electron chi connectivity index (χ1n) is 5.12. The molecule has 0 saturated heterocycles. The summed E-state index contributed by atoms with van der Waals surface area (Å²) in [6, 6.07) is 9.89. The minimum Gasteiger partial charge on any atom is -0.477 e. The van der Waals surface area contributed by atoms with Crippen LogP contribution in [0.4, 0.5) is 0 Å². The Morgan fingerprint density at radius 1 is 1.38 bits per heavy atom. The van der Waals surface area contributed by atoms with E-state index in [9.17, 15) is 4.79 Å². The Hall–Kier alpha value is -1.61. The number of aromatic carboxylic acids is 1. The number of aryl methyl sites for hydroxylation is 1. The van der Waals surface area contributed by atoms with Crippen LogP contribution in [0.15, 0.2) is 35.7 Å². The molecule has 0 fully saturated rings. The molecule has 1 N–H and O–H groups in total. The molecule has 0 aliphatic carbocycles. The zero-order valence-electron chi connectivity index (χ0n) is 8.93. The second kappa shape index (κ2) is 4.49. The molecule has 0 atom stereocenters. The highest BCUT2D eigenvalue weighted by Crippen LogP contribution is 2.28. The van der Waals surface area contributed by atoms with Gasteiger partial charge in [-0.3, -0.25) is 0 Å². The lowest BCUT2D eigenvalue weighted by molar-refractivity contribution is 0.0703. The molecule has 2 nitrogen and oxygen atoms in total. The molecule has 0 spiro atoms. The molecule has 0 saturated carbocycles. The smallest absolute Gasteiger partial charge is 0.346 e. The zero-order chi connectivity index (χ0) is 11.5. The molecule has 0 amide bonds. The van der Waals surface area contributed by atoms with Crippen LogP contribution in [-0.2, 0) is 6.42 Å². The summed E-state index contributed by atoms with van der Waals surface area (Å²) in [7, 11) is 0. The number of carbonyl (C=O) groups is 1. The summed E-state index contributed by atoms with van der Waals surface area (Å²) in [6.45, 7) is 2.09. The van der Waals surface area contributed by atoms with E-state index >= 15 is 0 Å². The van der Waals surface area contributed by atoms with E-state index in [0.717, 1.165) is 17.5 Å². The minimum atomic E-state index is -0.855. The van der Waals surface area contributed by atoms with Crippen LogP contribution in [0.5, 0.6) is 0 Å². The second-order valence-electron chi connectivity index (χ2n) is 3.52. The first-order valence-corrected chi connectivity index (χ1v) is 6.00. The number of benzene rings is 1. The zero-order valence-corrected chi connectivity index (χ0v) is 9.75. The van der Waals surface area contributed by atoms with E-state index in [2.05, 4.69) is 19.1 Å². The van der Waals surface area contributed by atoms with Gasteiger partial charge in [0.2, 0.25) is 0 Å². The van der Waals surface area contributed by atoms with Gasteiger partial charge in [-0.1, -0.05) is 31.2 Å². The third-order valence-electron chi connectivity index (χ3n) is 2.51. The monoisotopic (exact) mass is 232 g/mol. The molecule has 2 rings (SSSR count). The van der Waals surface area contributed by atoms with E-state index in [4.69, 9.17) is 5.11 Å². The minimum absolute atomic E-state index is 0.410. The molecule has 0 unspecified atom stereocenters. The molecular weight excluding hydrogens is 220 g/mol. The van der Waals surface area contributed by atoms with E-state index in [1.807, 2.05) is 23.6 Å². The molecule has 3 heteroatoms. The van der Waals surface area contributed by atoms with Gasteiger partial charge in [0.25, 0.3) is 0 Å². The lowest BCUT2D eigenvalue weighted by Crippen LogP contribution is -1.94. The van der Waals surface area contributed by atoms with Crippen molar-refractivity contribution in [2.24, 2.45) is 0 Å². The third kappa shape index (κ3) is 1.99. The van der Waals surface area contributed by atoms with Crippen molar-refractivity contribution in [3.63, 3.8) is 0 Å². The Bertz CT molecular complexity index is 514. The maximum Gasteiger partial charge on any atom is 0.346 e. The van der Waals surface area contributed by atoms with Crippen molar-refractivity contribution in [1.29, 1.82) is 0 Å². The van der Waals surface area contributed by atoms with Gasteiger partial charge >= 0.3 is 5.97 Å². The largest absolute Gasteiger partial charge is 0.477 e. The molecule has 0 aliphatic heterocycles. The van der Waals surface area contributed by atoms with E-state index in [-0.39, 0.29) is 0 Å². The van der Waals surface area contributed by atoms with Gasteiger partial charge in [-0.05, 0) is 29.0 Å². The van der Waals surface area contributed by atoms with Crippen LogP contribution in [0.25, 0.3) is 11.1 Å². The van der Waals surface area contributed by atoms with Gasteiger partial charge < -0.3 is 5.11 Å². The maximum absolute atomic E-state index is 11.0.